The SMILES string of the molecule is CC1=CCC(C(=O)N(c2cc(C#CC(C)(C)C)sc2C(=O)O)C2CCC(O)(CO[C@H]3CCOC3)CC2)[C@@H](C)C1.S. The van der Waals surface area contributed by atoms with E-state index in [2.05, 4.69) is 31.8 Å². The van der Waals surface area contributed by atoms with Gasteiger partial charge in [0.1, 0.15) is 4.88 Å². The van der Waals surface area contributed by atoms with Gasteiger partial charge in [-0.15, -0.1) is 11.3 Å². The van der Waals surface area contributed by atoms with Crippen LogP contribution < -0.4 is 4.90 Å². The molecule has 1 saturated heterocycles. The van der Waals surface area contributed by atoms with Crippen molar-refractivity contribution in [3.8, 4) is 11.8 Å². The molecule has 0 aromatic carbocycles. The fourth-order valence-electron chi connectivity index (χ4n) is 5.80. The van der Waals surface area contributed by atoms with E-state index in [1.807, 2.05) is 20.8 Å². The van der Waals surface area contributed by atoms with E-state index in [-0.39, 0.29) is 60.3 Å². The molecular formula is C31H45NO6S2. The number of hydrogen-bond donors (Lipinski definition) is 2. The standard InChI is InChI=1S/C31H43NO6S.H2S/c1-20-6-7-25(21(2)16-20)28(33)32(26-17-24(10-12-30(3,4)5)39-27(26)29(34)35)22-8-13-31(36,14-9-22)19-38-23-11-15-37-18-23;/h6,17,21-23,25,36H,7-9,11,13-16,18-19H2,1-5H3,(H,34,35);1H2/t21-,22?,23-,25?,31?;/m0./s1. The summed E-state index contributed by atoms with van der Waals surface area (Å²) in [6, 6.07) is 1.58. The summed E-state index contributed by atoms with van der Waals surface area (Å²) < 4.78 is 11.3. The van der Waals surface area contributed by atoms with Crippen molar-refractivity contribution >= 4 is 42.4 Å². The van der Waals surface area contributed by atoms with E-state index >= 15 is 0 Å². The Morgan fingerprint density at radius 1 is 1.25 bits per heavy atom. The summed E-state index contributed by atoms with van der Waals surface area (Å²) in [6.45, 7) is 11.7. The molecule has 3 aliphatic rings. The third kappa shape index (κ3) is 8.13. The van der Waals surface area contributed by atoms with Gasteiger partial charge in [0, 0.05) is 24.0 Å². The van der Waals surface area contributed by atoms with Crippen molar-refractivity contribution in [2.24, 2.45) is 17.3 Å². The molecule has 2 aliphatic carbocycles. The number of carbonyl (C=O) groups is 2. The number of aliphatic hydroxyl groups is 1. The molecule has 4 rings (SSSR count). The van der Waals surface area contributed by atoms with E-state index in [1.54, 1.807) is 11.0 Å². The van der Waals surface area contributed by atoms with Gasteiger partial charge in [-0.25, -0.2) is 4.79 Å². The summed E-state index contributed by atoms with van der Waals surface area (Å²) in [4.78, 5) is 29.2. The quantitative estimate of drug-likeness (QED) is 0.309. The molecule has 2 heterocycles. The molecule has 1 amide bonds. The number of nitrogens with zero attached hydrogens (tertiary/aromatic N) is 1. The van der Waals surface area contributed by atoms with Crippen LogP contribution >= 0.6 is 24.8 Å². The number of anilines is 1. The highest BCUT2D eigenvalue weighted by atomic mass is 32.1. The first-order chi connectivity index (χ1) is 18.3. The molecule has 1 saturated carbocycles. The summed E-state index contributed by atoms with van der Waals surface area (Å²) in [6.07, 6.45) is 6.61. The van der Waals surface area contributed by atoms with Crippen molar-refractivity contribution in [1.82, 2.24) is 0 Å². The van der Waals surface area contributed by atoms with Crippen molar-refractivity contribution < 1.29 is 29.3 Å². The fraction of sp³-hybridized carbons (Fsp3) is 0.677. The molecule has 0 bridgehead atoms. The van der Waals surface area contributed by atoms with Gasteiger partial charge in [0.05, 0.1) is 35.5 Å². The van der Waals surface area contributed by atoms with Crippen LogP contribution in [0.2, 0.25) is 0 Å². The maximum Gasteiger partial charge on any atom is 0.348 e. The summed E-state index contributed by atoms with van der Waals surface area (Å²) in [5.74, 6) is 5.19. The molecule has 1 aromatic heterocycles. The number of thiophene rings is 1. The molecule has 1 aromatic rings. The lowest BCUT2D eigenvalue weighted by atomic mass is 9.78. The Kier molecular flexibility index (Phi) is 11.0. The largest absolute Gasteiger partial charge is 0.477 e. The lowest BCUT2D eigenvalue weighted by molar-refractivity contribution is -0.125. The first kappa shape index (κ1) is 32.7. The zero-order chi connectivity index (χ0) is 28.4. The third-order valence-electron chi connectivity index (χ3n) is 8.06. The molecule has 1 unspecified atom stereocenters. The third-order valence-corrected chi connectivity index (χ3v) is 9.09. The van der Waals surface area contributed by atoms with Crippen molar-refractivity contribution in [3.63, 3.8) is 0 Å². The van der Waals surface area contributed by atoms with E-state index in [1.165, 1.54) is 5.57 Å². The van der Waals surface area contributed by atoms with Crippen LogP contribution in [0.3, 0.4) is 0 Å². The topological polar surface area (TPSA) is 96.3 Å². The van der Waals surface area contributed by atoms with Crippen molar-refractivity contribution in [1.29, 1.82) is 0 Å². The smallest absolute Gasteiger partial charge is 0.348 e. The fourth-order valence-corrected chi connectivity index (χ4v) is 6.64. The summed E-state index contributed by atoms with van der Waals surface area (Å²) in [7, 11) is 0. The molecule has 7 nitrogen and oxygen atoms in total. The molecule has 2 fully saturated rings. The van der Waals surface area contributed by atoms with Crippen LogP contribution in [0, 0.1) is 29.1 Å². The van der Waals surface area contributed by atoms with Gasteiger partial charge in [0.15, 0.2) is 0 Å². The van der Waals surface area contributed by atoms with Gasteiger partial charge in [-0.3, -0.25) is 4.79 Å². The number of carboxylic acids is 1. The number of hydrogen-bond acceptors (Lipinski definition) is 6. The number of carbonyl (C=O) groups excluding carboxylic acids is 1. The first-order valence-electron chi connectivity index (χ1n) is 14.2. The minimum absolute atomic E-state index is 0. The molecule has 9 heteroatoms. The van der Waals surface area contributed by atoms with Gasteiger partial charge < -0.3 is 24.6 Å². The van der Waals surface area contributed by atoms with Crippen LogP contribution in [0.25, 0.3) is 0 Å². The molecule has 0 radical (unpaired) electrons. The highest BCUT2D eigenvalue weighted by Crippen LogP contribution is 2.41. The Hall–Kier alpha value is -1.83. The Morgan fingerprint density at radius 2 is 1.95 bits per heavy atom. The first-order valence-corrected chi connectivity index (χ1v) is 15.0. The number of carboxylic acid groups (broad SMARTS) is 1. The predicted molar refractivity (Wildman–Crippen MR) is 164 cm³/mol. The number of ether oxygens (including phenoxy) is 2. The molecule has 1 aliphatic heterocycles. The minimum Gasteiger partial charge on any atom is -0.477 e. The van der Waals surface area contributed by atoms with E-state index in [0.29, 0.717) is 55.9 Å². The average molecular weight is 592 g/mol. The molecule has 2 N–H and O–H groups in total. The summed E-state index contributed by atoms with van der Waals surface area (Å²) in [5, 5.41) is 21.4. The van der Waals surface area contributed by atoms with Gasteiger partial charge in [-0.2, -0.15) is 13.5 Å². The molecule has 0 spiro atoms. The normalized spacial score (nSPS) is 28.6. The molecular weight excluding hydrogens is 546 g/mol. The highest BCUT2D eigenvalue weighted by Gasteiger charge is 2.42. The monoisotopic (exact) mass is 591 g/mol. The lowest BCUT2D eigenvalue weighted by Gasteiger charge is -2.42. The van der Waals surface area contributed by atoms with E-state index in [0.717, 1.165) is 24.2 Å². The number of aromatic carboxylic acids is 1. The van der Waals surface area contributed by atoms with Crippen molar-refractivity contribution in [3.05, 3.63) is 27.5 Å². The molecule has 40 heavy (non-hydrogen) atoms. The number of amides is 1. The van der Waals surface area contributed by atoms with Gasteiger partial charge in [0.2, 0.25) is 5.91 Å². The van der Waals surface area contributed by atoms with Gasteiger partial charge >= 0.3 is 5.97 Å². The van der Waals surface area contributed by atoms with Crippen LogP contribution in [0.5, 0.6) is 0 Å². The number of allylic oxidation sites excluding steroid dienone is 2. The Labute approximate surface area is 249 Å². The van der Waals surface area contributed by atoms with Crippen LogP contribution in [0.1, 0.15) is 94.1 Å². The zero-order valence-electron chi connectivity index (χ0n) is 24.4. The van der Waals surface area contributed by atoms with Crippen molar-refractivity contribution in [2.75, 3.05) is 24.7 Å². The molecule has 3 atom stereocenters. The van der Waals surface area contributed by atoms with E-state index in [9.17, 15) is 19.8 Å². The molecule has 222 valence electrons. The van der Waals surface area contributed by atoms with Gasteiger partial charge in [-0.05, 0) is 84.6 Å². The maximum absolute atomic E-state index is 14.2. The Morgan fingerprint density at radius 3 is 2.52 bits per heavy atom. The Bertz CT molecular complexity index is 1140. The predicted octanol–water partition coefficient (Wildman–Crippen LogP) is 5.76. The van der Waals surface area contributed by atoms with Gasteiger partial charge in [-0.1, -0.05) is 30.4 Å². The van der Waals surface area contributed by atoms with Crippen molar-refractivity contribution in [2.45, 2.75) is 97.3 Å². The highest BCUT2D eigenvalue weighted by molar-refractivity contribution is 7.59. The summed E-state index contributed by atoms with van der Waals surface area (Å²) in [5.41, 5.74) is 0.531. The maximum atomic E-state index is 14.2. The second-order valence-electron chi connectivity index (χ2n) is 12.7. The van der Waals surface area contributed by atoms with Crippen LogP contribution in [0.15, 0.2) is 17.7 Å². The second-order valence-corrected chi connectivity index (χ2v) is 13.7. The number of rotatable bonds is 7. The lowest BCUT2D eigenvalue weighted by Crippen LogP contribution is -2.51. The van der Waals surface area contributed by atoms with E-state index in [4.69, 9.17) is 9.47 Å². The summed E-state index contributed by atoms with van der Waals surface area (Å²) >= 11 is 1.13. The minimum atomic E-state index is -1.05. The Balaban J connectivity index is 0.00000441. The van der Waals surface area contributed by atoms with Crippen LogP contribution in [-0.2, 0) is 14.3 Å². The average Bonchev–Trinajstić information content (AvgIpc) is 3.53. The van der Waals surface area contributed by atoms with Crippen LogP contribution in [-0.4, -0.2) is 59.7 Å². The second kappa shape index (κ2) is 13.4. The van der Waals surface area contributed by atoms with Crippen LogP contribution in [0.4, 0.5) is 5.69 Å². The van der Waals surface area contributed by atoms with Gasteiger partial charge in [0.25, 0.3) is 0 Å². The van der Waals surface area contributed by atoms with E-state index < -0.39 is 11.6 Å². The zero-order valence-corrected chi connectivity index (χ0v) is 26.2.